The van der Waals surface area contributed by atoms with Gasteiger partial charge in [0.2, 0.25) is 0 Å². The number of hydrogen-bond donors (Lipinski definition) is 0. The summed E-state index contributed by atoms with van der Waals surface area (Å²) >= 11 is 0. The molecule has 4 rings (SSSR count). The van der Waals surface area contributed by atoms with Crippen LogP contribution in [0.25, 0.3) is 0 Å². The van der Waals surface area contributed by atoms with E-state index in [9.17, 15) is 0 Å². The zero-order valence-electron chi connectivity index (χ0n) is 16.9. The highest BCUT2D eigenvalue weighted by Crippen LogP contribution is 2.42. The molecule has 0 radical (unpaired) electrons. The molecule has 26 heavy (non-hydrogen) atoms. The molecular weight excluding hydrogens is 322 g/mol. The van der Waals surface area contributed by atoms with Crippen LogP contribution >= 0.6 is 0 Å². The van der Waals surface area contributed by atoms with Crippen LogP contribution in [0, 0.1) is 17.8 Å². The molecule has 0 spiro atoms. The largest absolute Gasteiger partial charge is 0.378 e. The Morgan fingerprint density at radius 1 is 0.654 bits per heavy atom. The predicted octanol–water partition coefficient (Wildman–Crippen LogP) is 5.03. The van der Waals surface area contributed by atoms with Gasteiger partial charge in [-0.15, -0.1) is 0 Å². The summed E-state index contributed by atoms with van der Waals surface area (Å²) in [5, 5.41) is 0. The zero-order chi connectivity index (χ0) is 17.6. The van der Waals surface area contributed by atoms with Crippen molar-refractivity contribution >= 4 is 0 Å². The number of fused-ring (bicyclic) bond motifs is 1. The third kappa shape index (κ3) is 5.45. The third-order valence-electron chi connectivity index (χ3n) is 7.80. The molecule has 1 heterocycles. The second-order valence-corrected chi connectivity index (χ2v) is 9.64. The van der Waals surface area contributed by atoms with Crippen molar-refractivity contribution in [1.82, 2.24) is 4.90 Å². The Morgan fingerprint density at radius 2 is 1.35 bits per heavy atom. The van der Waals surface area contributed by atoms with Gasteiger partial charge in [0.15, 0.2) is 0 Å². The van der Waals surface area contributed by atoms with Crippen LogP contribution < -0.4 is 0 Å². The molecule has 3 nitrogen and oxygen atoms in total. The average Bonchev–Trinajstić information content (AvgIpc) is 3.21. The number of likely N-dealkylation sites (tertiary alicyclic amines) is 1. The Kier molecular flexibility index (Phi) is 7.30. The summed E-state index contributed by atoms with van der Waals surface area (Å²) < 4.78 is 12.5. The molecule has 0 N–H and O–H groups in total. The third-order valence-corrected chi connectivity index (χ3v) is 7.80. The van der Waals surface area contributed by atoms with Crippen LogP contribution in [0.2, 0.25) is 0 Å². The molecule has 3 aliphatic carbocycles. The molecule has 0 amide bonds. The van der Waals surface area contributed by atoms with Crippen LogP contribution in [0.1, 0.15) is 83.5 Å². The van der Waals surface area contributed by atoms with Gasteiger partial charge in [-0.2, -0.15) is 0 Å². The molecular formula is C23H41NO2. The lowest BCUT2D eigenvalue weighted by molar-refractivity contribution is -0.0500. The minimum atomic E-state index is 0.495. The molecule has 4 fully saturated rings. The van der Waals surface area contributed by atoms with E-state index in [1.165, 1.54) is 96.6 Å². The molecule has 3 heteroatoms. The molecule has 1 saturated heterocycles. The van der Waals surface area contributed by atoms with E-state index in [1.807, 2.05) is 0 Å². The van der Waals surface area contributed by atoms with E-state index < -0.39 is 0 Å². The Morgan fingerprint density at radius 3 is 2.12 bits per heavy atom. The fraction of sp³-hybridized carbons (Fsp3) is 1.00. The first-order chi connectivity index (χ1) is 12.9. The normalized spacial score (nSPS) is 39.0. The van der Waals surface area contributed by atoms with Crippen molar-refractivity contribution in [3.05, 3.63) is 0 Å². The summed E-state index contributed by atoms with van der Waals surface area (Å²) in [4.78, 5) is 2.55. The monoisotopic (exact) mass is 363 g/mol. The molecule has 150 valence electrons. The highest BCUT2D eigenvalue weighted by atomic mass is 16.5. The quantitative estimate of drug-likeness (QED) is 0.633. The fourth-order valence-corrected chi connectivity index (χ4v) is 6.11. The van der Waals surface area contributed by atoms with E-state index in [2.05, 4.69) is 4.90 Å². The zero-order valence-corrected chi connectivity index (χ0v) is 16.9. The summed E-state index contributed by atoms with van der Waals surface area (Å²) in [6, 6.07) is 0. The van der Waals surface area contributed by atoms with Gasteiger partial charge in [0.1, 0.15) is 0 Å². The van der Waals surface area contributed by atoms with Crippen molar-refractivity contribution in [3.63, 3.8) is 0 Å². The van der Waals surface area contributed by atoms with E-state index in [4.69, 9.17) is 9.47 Å². The Bertz CT molecular complexity index is 401. The summed E-state index contributed by atoms with van der Waals surface area (Å²) in [6.45, 7) is 5.68. The van der Waals surface area contributed by atoms with E-state index in [1.54, 1.807) is 0 Å². The molecule has 0 bridgehead atoms. The van der Waals surface area contributed by atoms with Gasteiger partial charge in [-0.1, -0.05) is 25.7 Å². The van der Waals surface area contributed by atoms with Crippen LogP contribution in [0.3, 0.4) is 0 Å². The van der Waals surface area contributed by atoms with Gasteiger partial charge in [0.25, 0.3) is 0 Å². The van der Waals surface area contributed by atoms with Gasteiger partial charge in [-0.3, -0.25) is 0 Å². The fourth-order valence-electron chi connectivity index (χ4n) is 6.11. The topological polar surface area (TPSA) is 21.7 Å². The van der Waals surface area contributed by atoms with Crippen LogP contribution in [0.15, 0.2) is 0 Å². The SMILES string of the molecule is C1CCC2CC(COC3CCC(OCCN4CCCC4)CC3)CCC2C1. The van der Waals surface area contributed by atoms with E-state index in [0.29, 0.717) is 12.2 Å². The van der Waals surface area contributed by atoms with Crippen molar-refractivity contribution in [2.24, 2.45) is 17.8 Å². The molecule has 0 aromatic carbocycles. The molecule has 0 aromatic heterocycles. The molecule has 3 saturated carbocycles. The lowest BCUT2D eigenvalue weighted by Gasteiger charge is -2.39. The van der Waals surface area contributed by atoms with Crippen LogP contribution in [-0.4, -0.2) is 50.0 Å². The predicted molar refractivity (Wildman–Crippen MR) is 106 cm³/mol. The average molecular weight is 364 g/mol. The molecule has 3 unspecified atom stereocenters. The van der Waals surface area contributed by atoms with Crippen molar-refractivity contribution in [2.45, 2.75) is 95.7 Å². The molecule has 4 aliphatic rings. The maximum atomic E-state index is 6.37. The summed E-state index contributed by atoms with van der Waals surface area (Å²) in [5.74, 6) is 2.95. The maximum Gasteiger partial charge on any atom is 0.0597 e. The first-order valence-corrected chi connectivity index (χ1v) is 11.8. The van der Waals surface area contributed by atoms with Crippen molar-refractivity contribution in [2.75, 3.05) is 32.8 Å². The van der Waals surface area contributed by atoms with Gasteiger partial charge in [0, 0.05) is 13.2 Å². The Hall–Kier alpha value is -0.120. The lowest BCUT2D eigenvalue weighted by atomic mass is 9.68. The maximum absolute atomic E-state index is 6.37. The van der Waals surface area contributed by atoms with Crippen LogP contribution in [0.4, 0.5) is 0 Å². The van der Waals surface area contributed by atoms with Crippen molar-refractivity contribution < 1.29 is 9.47 Å². The molecule has 3 atom stereocenters. The van der Waals surface area contributed by atoms with Crippen LogP contribution in [-0.2, 0) is 9.47 Å². The van der Waals surface area contributed by atoms with E-state index in [0.717, 1.165) is 37.5 Å². The van der Waals surface area contributed by atoms with Crippen molar-refractivity contribution in [3.8, 4) is 0 Å². The Labute approximate surface area is 161 Å². The smallest absolute Gasteiger partial charge is 0.0597 e. The second-order valence-electron chi connectivity index (χ2n) is 9.64. The van der Waals surface area contributed by atoms with Gasteiger partial charge in [0.05, 0.1) is 18.8 Å². The van der Waals surface area contributed by atoms with Crippen LogP contribution in [0.5, 0.6) is 0 Å². The van der Waals surface area contributed by atoms with E-state index in [-0.39, 0.29) is 0 Å². The van der Waals surface area contributed by atoms with Gasteiger partial charge in [-0.05, 0) is 88.6 Å². The minimum Gasteiger partial charge on any atom is -0.378 e. The summed E-state index contributed by atoms with van der Waals surface area (Å²) in [5.41, 5.74) is 0. The van der Waals surface area contributed by atoms with Gasteiger partial charge < -0.3 is 14.4 Å². The summed E-state index contributed by atoms with van der Waals surface area (Å²) in [7, 11) is 0. The second kappa shape index (κ2) is 9.89. The highest BCUT2D eigenvalue weighted by molar-refractivity contribution is 4.83. The number of hydrogen-bond acceptors (Lipinski definition) is 3. The number of rotatable bonds is 7. The number of nitrogens with zero attached hydrogens (tertiary/aromatic N) is 1. The lowest BCUT2D eigenvalue weighted by Crippen LogP contribution is -2.33. The van der Waals surface area contributed by atoms with E-state index >= 15 is 0 Å². The first kappa shape index (κ1) is 19.2. The van der Waals surface area contributed by atoms with Gasteiger partial charge in [-0.25, -0.2) is 0 Å². The molecule has 1 aliphatic heterocycles. The summed E-state index contributed by atoms with van der Waals surface area (Å²) in [6.07, 6.45) is 19.0. The van der Waals surface area contributed by atoms with Gasteiger partial charge >= 0.3 is 0 Å². The minimum absolute atomic E-state index is 0.495. The highest BCUT2D eigenvalue weighted by Gasteiger charge is 2.32. The molecule has 0 aromatic rings. The van der Waals surface area contributed by atoms with Crippen molar-refractivity contribution in [1.29, 1.82) is 0 Å². The standard InChI is InChI=1S/C23H41NO2/c1-2-6-21-17-19(7-8-20(21)5-1)18-26-23-11-9-22(10-12-23)25-16-15-24-13-3-4-14-24/h19-23H,1-18H2. The Balaban J connectivity index is 1.07. The number of ether oxygens (including phenoxy) is 2. The first-order valence-electron chi connectivity index (χ1n) is 11.8.